The van der Waals surface area contributed by atoms with Crippen molar-refractivity contribution in [3.05, 3.63) is 29.8 Å². The molecule has 5 nitrogen and oxygen atoms in total. The van der Waals surface area contributed by atoms with Crippen molar-refractivity contribution < 1.29 is 13.2 Å². The van der Waals surface area contributed by atoms with Crippen molar-refractivity contribution >= 4 is 15.9 Å². The van der Waals surface area contributed by atoms with Gasteiger partial charge in [0.25, 0.3) is 0 Å². The van der Waals surface area contributed by atoms with E-state index in [-0.39, 0.29) is 10.8 Å². The van der Waals surface area contributed by atoms with E-state index in [2.05, 4.69) is 23.9 Å². The summed E-state index contributed by atoms with van der Waals surface area (Å²) >= 11 is 0. The predicted molar refractivity (Wildman–Crippen MR) is 83.2 cm³/mol. The molecule has 0 saturated heterocycles. The van der Waals surface area contributed by atoms with Gasteiger partial charge in [-0.2, -0.15) is 0 Å². The van der Waals surface area contributed by atoms with Gasteiger partial charge < -0.3 is 5.32 Å². The van der Waals surface area contributed by atoms with Gasteiger partial charge >= 0.3 is 0 Å². The van der Waals surface area contributed by atoms with E-state index in [4.69, 9.17) is 0 Å². The fourth-order valence-corrected chi connectivity index (χ4v) is 3.02. The van der Waals surface area contributed by atoms with Gasteiger partial charge in [-0.3, -0.25) is 4.79 Å². The van der Waals surface area contributed by atoms with Gasteiger partial charge in [0.05, 0.1) is 4.90 Å². The largest absolute Gasteiger partial charge is 0.352 e. The van der Waals surface area contributed by atoms with Crippen LogP contribution in [0.15, 0.2) is 29.2 Å². The summed E-state index contributed by atoms with van der Waals surface area (Å²) in [5.74, 6) is 0.248. The zero-order chi connectivity index (χ0) is 15.9. The summed E-state index contributed by atoms with van der Waals surface area (Å²) in [5, 5.41) is 2.67. The summed E-state index contributed by atoms with van der Waals surface area (Å²) in [6.45, 7) is 6.42. The van der Waals surface area contributed by atoms with E-state index in [1.165, 1.54) is 6.92 Å². The van der Waals surface area contributed by atoms with Crippen LogP contribution in [0.5, 0.6) is 0 Å². The minimum atomic E-state index is -3.46. The molecule has 1 rings (SSSR count). The van der Waals surface area contributed by atoms with E-state index in [9.17, 15) is 13.2 Å². The fourth-order valence-electron chi connectivity index (χ4n) is 1.90. The number of carbonyl (C=O) groups is 1. The van der Waals surface area contributed by atoms with Crippen LogP contribution < -0.4 is 10.0 Å². The molecule has 0 aromatic heterocycles. The average Bonchev–Trinajstić information content (AvgIpc) is 2.46. The Morgan fingerprint density at radius 1 is 1.14 bits per heavy atom. The van der Waals surface area contributed by atoms with Crippen molar-refractivity contribution in [1.29, 1.82) is 0 Å². The maximum absolute atomic E-state index is 12.2. The lowest BCUT2D eigenvalue weighted by molar-refractivity contribution is -0.119. The Hall–Kier alpha value is -1.40. The summed E-state index contributed by atoms with van der Waals surface area (Å²) in [4.78, 5) is 11.1. The molecular weight excluding hydrogens is 288 g/mol. The summed E-state index contributed by atoms with van der Waals surface area (Å²) in [5.41, 5.74) is 0.865. The normalized spacial score (nSPS) is 11.6. The number of hydrogen-bond donors (Lipinski definition) is 2. The summed E-state index contributed by atoms with van der Waals surface area (Å²) in [6.07, 6.45) is 1.91. The lowest BCUT2D eigenvalue weighted by Gasteiger charge is -2.13. The second kappa shape index (κ2) is 8.14. The molecule has 1 aromatic carbocycles. The second-order valence-corrected chi connectivity index (χ2v) is 6.86. The van der Waals surface area contributed by atoms with E-state index in [0.29, 0.717) is 19.0 Å². The van der Waals surface area contributed by atoms with Crippen molar-refractivity contribution in [3.8, 4) is 0 Å². The van der Waals surface area contributed by atoms with Gasteiger partial charge in [-0.15, -0.1) is 0 Å². The molecule has 2 N–H and O–H groups in total. The van der Waals surface area contributed by atoms with Gasteiger partial charge in [0.2, 0.25) is 15.9 Å². The Bertz CT molecular complexity index is 549. The summed E-state index contributed by atoms with van der Waals surface area (Å²) in [7, 11) is -3.46. The van der Waals surface area contributed by atoms with Gasteiger partial charge in [0, 0.05) is 20.0 Å². The van der Waals surface area contributed by atoms with Gasteiger partial charge in [-0.05, 0) is 23.6 Å². The third kappa shape index (κ3) is 5.85. The standard InChI is InChI=1S/C15H24N2O3S/c1-4-13(5-2)11-17-21(19,20)15-8-6-14(7-9-15)10-16-12(3)18/h6-9,13,17H,4-5,10-11H2,1-3H3,(H,16,18). The van der Waals surface area contributed by atoms with Crippen LogP contribution in [0.1, 0.15) is 39.2 Å². The number of amides is 1. The van der Waals surface area contributed by atoms with Crippen LogP contribution in [0, 0.1) is 5.92 Å². The lowest BCUT2D eigenvalue weighted by Crippen LogP contribution is -2.29. The summed E-state index contributed by atoms with van der Waals surface area (Å²) < 4.78 is 27.0. The Labute approximate surface area is 127 Å². The van der Waals surface area contributed by atoms with Crippen LogP contribution in [0.3, 0.4) is 0 Å². The SMILES string of the molecule is CCC(CC)CNS(=O)(=O)c1ccc(CNC(C)=O)cc1. The van der Waals surface area contributed by atoms with Crippen molar-refractivity contribution in [2.24, 2.45) is 5.92 Å². The van der Waals surface area contributed by atoms with E-state index in [0.717, 1.165) is 18.4 Å². The lowest BCUT2D eigenvalue weighted by atomic mass is 10.0. The van der Waals surface area contributed by atoms with E-state index >= 15 is 0 Å². The maximum atomic E-state index is 12.2. The third-order valence-electron chi connectivity index (χ3n) is 3.49. The first kappa shape index (κ1) is 17.7. The third-order valence-corrected chi connectivity index (χ3v) is 4.93. The average molecular weight is 312 g/mol. The van der Waals surface area contributed by atoms with Crippen molar-refractivity contribution in [1.82, 2.24) is 10.0 Å². The molecule has 6 heteroatoms. The molecule has 0 radical (unpaired) electrons. The first-order valence-corrected chi connectivity index (χ1v) is 8.70. The van der Waals surface area contributed by atoms with Crippen LogP contribution in [0.2, 0.25) is 0 Å². The molecule has 0 aliphatic carbocycles. The van der Waals surface area contributed by atoms with Crippen LogP contribution in [0.4, 0.5) is 0 Å². The minimum absolute atomic E-state index is 0.112. The number of nitrogens with one attached hydrogen (secondary N) is 2. The molecule has 0 fully saturated rings. The highest BCUT2D eigenvalue weighted by atomic mass is 32.2. The Kier molecular flexibility index (Phi) is 6.84. The monoisotopic (exact) mass is 312 g/mol. The topological polar surface area (TPSA) is 75.3 Å². The molecule has 0 unspecified atom stereocenters. The highest BCUT2D eigenvalue weighted by molar-refractivity contribution is 7.89. The number of hydrogen-bond acceptors (Lipinski definition) is 3. The molecule has 0 spiro atoms. The smallest absolute Gasteiger partial charge is 0.240 e. The van der Waals surface area contributed by atoms with E-state index in [1.807, 2.05) is 0 Å². The highest BCUT2D eigenvalue weighted by Crippen LogP contribution is 2.12. The van der Waals surface area contributed by atoms with Crippen molar-refractivity contribution in [2.45, 2.75) is 45.1 Å². The molecule has 0 saturated carbocycles. The quantitative estimate of drug-likeness (QED) is 0.771. The van der Waals surface area contributed by atoms with Crippen molar-refractivity contribution in [3.63, 3.8) is 0 Å². The van der Waals surface area contributed by atoms with E-state index < -0.39 is 10.0 Å². The Morgan fingerprint density at radius 3 is 2.19 bits per heavy atom. The molecular formula is C15H24N2O3S. The molecule has 0 heterocycles. The van der Waals surface area contributed by atoms with Gasteiger partial charge in [0.1, 0.15) is 0 Å². The predicted octanol–water partition coefficient (Wildman–Crippen LogP) is 2.04. The number of carbonyl (C=O) groups excluding carboxylic acids is 1. The number of sulfonamides is 1. The zero-order valence-electron chi connectivity index (χ0n) is 12.8. The molecule has 1 amide bonds. The van der Waals surface area contributed by atoms with E-state index in [1.54, 1.807) is 24.3 Å². The second-order valence-electron chi connectivity index (χ2n) is 5.09. The Morgan fingerprint density at radius 2 is 1.71 bits per heavy atom. The maximum Gasteiger partial charge on any atom is 0.240 e. The van der Waals surface area contributed by atoms with Crippen LogP contribution in [-0.2, 0) is 21.4 Å². The number of rotatable bonds is 8. The van der Waals surface area contributed by atoms with Gasteiger partial charge in [-0.1, -0.05) is 38.8 Å². The first-order chi connectivity index (χ1) is 9.89. The fraction of sp³-hybridized carbons (Fsp3) is 0.533. The number of benzene rings is 1. The molecule has 0 aliphatic heterocycles. The first-order valence-electron chi connectivity index (χ1n) is 7.22. The highest BCUT2D eigenvalue weighted by Gasteiger charge is 2.15. The Balaban J connectivity index is 2.68. The van der Waals surface area contributed by atoms with Crippen LogP contribution in [0.25, 0.3) is 0 Å². The van der Waals surface area contributed by atoms with Gasteiger partial charge in [-0.25, -0.2) is 13.1 Å². The molecule has 1 aromatic rings. The molecule has 0 bridgehead atoms. The molecule has 0 aliphatic rings. The van der Waals surface area contributed by atoms with Crippen LogP contribution >= 0.6 is 0 Å². The van der Waals surface area contributed by atoms with Crippen LogP contribution in [-0.4, -0.2) is 20.9 Å². The zero-order valence-corrected chi connectivity index (χ0v) is 13.7. The molecule has 0 atom stereocenters. The molecule has 21 heavy (non-hydrogen) atoms. The molecule has 118 valence electrons. The van der Waals surface area contributed by atoms with Gasteiger partial charge in [0.15, 0.2) is 0 Å². The minimum Gasteiger partial charge on any atom is -0.352 e. The van der Waals surface area contributed by atoms with Crippen molar-refractivity contribution in [2.75, 3.05) is 6.54 Å². The summed E-state index contributed by atoms with van der Waals surface area (Å²) in [6, 6.07) is 6.54.